The predicted molar refractivity (Wildman–Crippen MR) is 51.7 cm³/mol. The highest BCUT2D eigenvalue weighted by Gasteiger charge is 2.19. The van der Waals surface area contributed by atoms with Crippen molar-refractivity contribution in [3.05, 3.63) is 15.6 Å². The molecular weight excluding hydrogens is 168 g/mol. The van der Waals surface area contributed by atoms with Crippen LogP contribution < -0.4 is 5.32 Å². The van der Waals surface area contributed by atoms with Crippen molar-refractivity contribution in [2.45, 2.75) is 20.3 Å². The molecule has 1 aliphatic heterocycles. The lowest BCUT2D eigenvalue weighted by Crippen LogP contribution is -2.43. The minimum absolute atomic E-state index is 0.838. The van der Waals surface area contributed by atoms with E-state index in [1.54, 1.807) is 0 Å². The summed E-state index contributed by atoms with van der Waals surface area (Å²) in [5.41, 5.74) is 1.32. The van der Waals surface area contributed by atoms with Gasteiger partial charge in [-0.25, -0.2) is 4.98 Å². The molecular formula is C9H14N2S. The van der Waals surface area contributed by atoms with Crippen LogP contribution >= 0.6 is 11.3 Å². The summed E-state index contributed by atoms with van der Waals surface area (Å²) in [6, 6.07) is 0. The summed E-state index contributed by atoms with van der Waals surface area (Å²) in [5, 5.41) is 4.49. The third kappa shape index (κ3) is 1.52. The molecule has 0 atom stereocenters. The van der Waals surface area contributed by atoms with Gasteiger partial charge in [0.05, 0.1) is 10.7 Å². The van der Waals surface area contributed by atoms with E-state index >= 15 is 0 Å². The Morgan fingerprint density at radius 3 is 2.67 bits per heavy atom. The normalized spacial score (nSPS) is 17.8. The fraction of sp³-hybridized carbons (Fsp3) is 0.667. The molecule has 1 aliphatic rings. The Morgan fingerprint density at radius 2 is 2.25 bits per heavy atom. The van der Waals surface area contributed by atoms with Crippen molar-refractivity contribution in [1.29, 1.82) is 0 Å². The summed E-state index contributed by atoms with van der Waals surface area (Å²) >= 11 is 1.81. The third-order valence-electron chi connectivity index (χ3n) is 2.35. The van der Waals surface area contributed by atoms with E-state index in [0.29, 0.717) is 0 Å². The fourth-order valence-electron chi connectivity index (χ4n) is 1.53. The van der Waals surface area contributed by atoms with Gasteiger partial charge in [0.2, 0.25) is 0 Å². The van der Waals surface area contributed by atoms with Crippen molar-refractivity contribution in [1.82, 2.24) is 10.3 Å². The molecule has 1 aromatic rings. The molecule has 3 heteroatoms. The fourth-order valence-corrected chi connectivity index (χ4v) is 2.37. The zero-order chi connectivity index (χ0) is 8.55. The number of hydrogen-bond donors (Lipinski definition) is 1. The van der Waals surface area contributed by atoms with Crippen LogP contribution in [0.3, 0.4) is 0 Å². The number of thiazole rings is 1. The lowest BCUT2D eigenvalue weighted by Gasteiger charge is -2.26. The van der Waals surface area contributed by atoms with E-state index in [2.05, 4.69) is 24.1 Å². The quantitative estimate of drug-likeness (QED) is 0.750. The standard InChI is InChI=1S/C9H14N2S/c1-6-9(11-7(2)12-6)3-8-4-10-5-8/h8,10H,3-5H2,1-2H3. The van der Waals surface area contributed by atoms with Crippen molar-refractivity contribution >= 4 is 11.3 Å². The van der Waals surface area contributed by atoms with Crippen molar-refractivity contribution in [3.8, 4) is 0 Å². The van der Waals surface area contributed by atoms with Gasteiger partial charge >= 0.3 is 0 Å². The first-order valence-electron chi connectivity index (χ1n) is 4.39. The molecule has 0 bridgehead atoms. The molecule has 0 amide bonds. The highest BCUT2D eigenvalue weighted by atomic mass is 32.1. The lowest BCUT2D eigenvalue weighted by atomic mass is 9.97. The molecule has 0 aromatic carbocycles. The van der Waals surface area contributed by atoms with Gasteiger partial charge in [0.1, 0.15) is 0 Å². The minimum Gasteiger partial charge on any atom is -0.316 e. The lowest BCUT2D eigenvalue weighted by molar-refractivity contribution is 0.344. The van der Waals surface area contributed by atoms with E-state index in [0.717, 1.165) is 5.92 Å². The Balaban J connectivity index is 2.05. The number of aromatic nitrogens is 1. The Labute approximate surface area is 77.0 Å². The molecule has 0 spiro atoms. The van der Waals surface area contributed by atoms with Gasteiger partial charge in [-0.1, -0.05) is 0 Å². The van der Waals surface area contributed by atoms with Crippen molar-refractivity contribution in [2.24, 2.45) is 5.92 Å². The second kappa shape index (κ2) is 3.15. The zero-order valence-corrected chi connectivity index (χ0v) is 8.37. The maximum Gasteiger partial charge on any atom is 0.0900 e. The summed E-state index contributed by atoms with van der Waals surface area (Å²) in [6.45, 7) is 6.61. The SMILES string of the molecule is Cc1nc(CC2CNC2)c(C)s1. The molecule has 1 aromatic heterocycles. The van der Waals surface area contributed by atoms with Gasteiger partial charge in [0.25, 0.3) is 0 Å². The van der Waals surface area contributed by atoms with E-state index in [1.165, 1.54) is 35.1 Å². The first-order valence-corrected chi connectivity index (χ1v) is 5.21. The van der Waals surface area contributed by atoms with Gasteiger partial charge in [0.15, 0.2) is 0 Å². The Kier molecular flexibility index (Phi) is 2.15. The molecule has 0 saturated carbocycles. The number of hydrogen-bond acceptors (Lipinski definition) is 3. The molecule has 2 heterocycles. The van der Waals surface area contributed by atoms with E-state index in [9.17, 15) is 0 Å². The van der Waals surface area contributed by atoms with E-state index in [-0.39, 0.29) is 0 Å². The smallest absolute Gasteiger partial charge is 0.0900 e. The highest BCUT2D eigenvalue weighted by molar-refractivity contribution is 7.11. The molecule has 66 valence electrons. The maximum absolute atomic E-state index is 4.52. The van der Waals surface area contributed by atoms with Crippen molar-refractivity contribution in [2.75, 3.05) is 13.1 Å². The van der Waals surface area contributed by atoms with Crippen molar-refractivity contribution < 1.29 is 0 Å². The zero-order valence-electron chi connectivity index (χ0n) is 7.55. The average Bonchev–Trinajstić information content (AvgIpc) is 2.21. The summed E-state index contributed by atoms with van der Waals surface area (Å²) in [6.07, 6.45) is 1.17. The van der Waals surface area contributed by atoms with E-state index in [1.807, 2.05) is 11.3 Å². The molecule has 1 fully saturated rings. The van der Waals surface area contributed by atoms with Crippen LogP contribution in [0.4, 0.5) is 0 Å². The maximum atomic E-state index is 4.52. The van der Waals surface area contributed by atoms with Gasteiger partial charge < -0.3 is 5.32 Å². The van der Waals surface area contributed by atoms with Crippen LogP contribution in [0.25, 0.3) is 0 Å². The van der Waals surface area contributed by atoms with E-state index < -0.39 is 0 Å². The van der Waals surface area contributed by atoms with Gasteiger partial charge in [0, 0.05) is 4.88 Å². The van der Waals surface area contributed by atoms with Gasteiger partial charge in [-0.2, -0.15) is 0 Å². The predicted octanol–water partition coefficient (Wildman–Crippen LogP) is 1.52. The second-order valence-electron chi connectivity index (χ2n) is 3.46. The summed E-state index contributed by atoms with van der Waals surface area (Å²) in [5.74, 6) is 0.838. The summed E-state index contributed by atoms with van der Waals surface area (Å²) < 4.78 is 0. The number of aryl methyl sites for hydroxylation is 2. The summed E-state index contributed by atoms with van der Waals surface area (Å²) in [7, 11) is 0. The molecule has 1 N–H and O–H groups in total. The average molecular weight is 182 g/mol. The minimum atomic E-state index is 0.838. The van der Waals surface area contributed by atoms with Crippen LogP contribution in [0, 0.1) is 19.8 Å². The number of rotatable bonds is 2. The monoisotopic (exact) mass is 182 g/mol. The van der Waals surface area contributed by atoms with Crippen LogP contribution in [0.5, 0.6) is 0 Å². The Hall–Kier alpha value is -0.410. The van der Waals surface area contributed by atoms with E-state index in [4.69, 9.17) is 0 Å². The molecule has 0 unspecified atom stereocenters. The first kappa shape index (κ1) is 8.20. The van der Waals surface area contributed by atoms with Crippen LogP contribution in [0.1, 0.15) is 15.6 Å². The van der Waals surface area contributed by atoms with Crippen molar-refractivity contribution in [3.63, 3.8) is 0 Å². The second-order valence-corrected chi connectivity index (χ2v) is 4.87. The number of nitrogens with zero attached hydrogens (tertiary/aromatic N) is 1. The molecule has 12 heavy (non-hydrogen) atoms. The van der Waals surface area contributed by atoms with Crippen LogP contribution in [0.2, 0.25) is 0 Å². The number of nitrogens with one attached hydrogen (secondary N) is 1. The van der Waals surface area contributed by atoms with Crippen LogP contribution in [-0.4, -0.2) is 18.1 Å². The molecule has 0 aliphatic carbocycles. The highest BCUT2D eigenvalue weighted by Crippen LogP contribution is 2.20. The summed E-state index contributed by atoms with van der Waals surface area (Å²) in [4.78, 5) is 5.93. The van der Waals surface area contributed by atoms with Gasteiger partial charge in [-0.15, -0.1) is 11.3 Å². The van der Waals surface area contributed by atoms with Crippen LogP contribution in [-0.2, 0) is 6.42 Å². The topological polar surface area (TPSA) is 24.9 Å². The Morgan fingerprint density at radius 1 is 1.50 bits per heavy atom. The first-order chi connectivity index (χ1) is 5.75. The third-order valence-corrected chi connectivity index (χ3v) is 3.28. The molecule has 1 saturated heterocycles. The molecule has 2 rings (SSSR count). The van der Waals surface area contributed by atoms with Gasteiger partial charge in [-0.3, -0.25) is 0 Å². The molecule has 2 nitrogen and oxygen atoms in total. The Bertz CT molecular complexity index is 276. The largest absolute Gasteiger partial charge is 0.316 e. The van der Waals surface area contributed by atoms with Gasteiger partial charge in [-0.05, 0) is 39.3 Å². The molecule has 0 radical (unpaired) electrons. The van der Waals surface area contributed by atoms with Crippen LogP contribution in [0.15, 0.2) is 0 Å².